The second-order valence-electron chi connectivity index (χ2n) is 7.76. The summed E-state index contributed by atoms with van der Waals surface area (Å²) in [4.78, 5) is 27.4. The van der Waals surface area contributed by atoms with E-state index >= 15 is 0 Å². The van der Waals surface area contributed by atoms with Crippen molar-refractivity contribution in [3.05, 3.63) is 101 Å². The van der Waals surface area contributed by atoms with Gasteiger partial charge in [0.25, 0.3) is 0 Å². The van der Waals surface area contributed by atoms with E-state index in [4.69, 9.17) is 25.8 Å². The zero-order chi connectivity index (χ0) is 24.8. The maximum absolute atomic E-state index is 13.1. The molecule has 0 bridgehead atoms. The average Bonchev–Trinajstić information content (AvgIpc) is 2.85. The number of hydrogen-bond donors (Lipinski definition) is 1. The van der Waals surface area contributed by atoms with Crippen LogP contribution < -0.4 is 14.8 Å². The summed E-state index contributed by atoms with van der Waals surface area (Å²) in [5, 5.41) is 3.41. The number of hydrogen-bond acceptors (Lipinski definition) is 5. The highest BCUT2D eigenvalue weighted by Crippen LogP contribution is 2.34. The van der Waals surface area contributed by atoms with Crippen LogP contribution >= 0.6 is 11.6 Å². The highest BCUT2D eigenvalue weighted by molar-refractivity contribution is 6.30. The fourth-order valence-corrected chi connectivity index (χ4v) is 3.90. The zero-order valence-electron chi connectivity index (χ0n) is 19.4. The summed E-state index contributed by atoms with van der Waals surface area (Å²) in [5.74, 6) is 1.22. The summed E-state index contributed by atoms with van der Waals surface area (Å²) in [7, 11) is 1.58. The number of esters is 1. The van der Waals surface area contributed by atoms with Crippen LogP contribution in [-0.2, 0) is 9.53 Å². The number of benzene rings is 3. The Morgan fingerprint density at radius 2 is 1.69 bits per heavy atom. The van der Waals surface area contributed by atoms with Crippen molar-refractivity contribution in [1.82, 2.24) is 10.2 Å². The molecule has 0 fully saturated rings. The maximum Gasteiger partial charge on any atom is 0.338 e. The van der Waals surface area contributed by atoms with Gasteiger partial charge in [0.15, 0.2) is 0 Å². The number of para-hydroxylation sites is 1. The molecule has 8 heteroatoms. The topological polar surface area (TPSA) is 77.1 Å². The lowest BCUT2D eigenvalue weighted by atomic mass is 9.94. The predicted octanol–water partition coefficient (Wildman–Crippen LogP) is 5.72. The fourth-order valence-electron chi connectivity index (χ4n) is 3.72. The van der Waals surface area contributed by atoms with E-state index in [2.05, 4.69) is 5.32 Å². The standard InChI is InChI=1S/C27H25ClN2O5/c1-3-33-26(31)24-23(17-34-21-13-8-10-19(28)16-21)30(2)27(32)29-25(24)18-9-7-14-22(15-18)35-20-11-5-4-6-12-20/h4-16,25H,3,17H2,1-2H3,(H,29,32). The Hall–Kier alpha value is -3.97. The zero-order valence-corrected chi connectivity index (χ0v) is 20.1. The Balaban J connectivity index is 1.71. The van der Waals surface area contributed by atoms with Gasteiger partial charge in [0.2, 0.25) is 0 Å². The maximum atomic E-state index is 13.1. The number of amides is 2. The minimum Gasteiger partial charge on any atom is -0.487 e. The molecule has 4 rings (SSSR count). The van der Waals surface area contributed by atoms with E-state index in [1.807, 2.05) is 48.5 Å². The van der Waals surface area contributed by atoms with Crippen molar-refractivity contribution in [3.63, 3.8) is 0 Å². The average molecular weight is 493 g/mol. The molecule has 2 amide bonds. The van der Waals surface area contributed by atoms with E-state index in [-0.39, 0.29) is 24.8 Å². The molecule has 0 saturated heterocycles. The van der Waals surface area contributed by atoms with Crippen LogP contribution in [0, 0.1) is 0 Å². The van der Waals surface area contributed by atoms with Gasteiger partial charge in [-0.3, -0.25) is 4.90 Å². The highest BCUT2D eigenvalue weighted by atomic mass is 35.5. The molecule has 3 aromatic rings. The largest absolute Gasteiger partial charge is 0.487 e. The van der Waals surface area contributed by atoms with Gasteiger partial charge in [-0.05, 0) is 55.0 Å². The number of likely N-dealkylation sites (N-methyl/N-ethyl adjacent to an activating group) is 1. The van der Waals surface area contributed by atoms with Gasteiger partial charge < -0.3 is 19.5 Å². The van der Waals surface area contributed by atoms with Crippen molar-refractivity contribution in [2.75, 3.05) is 20.3 Å². The molecule has 1 N–H and O–H groups in total. The van der Waals surface area contributed by atoms with Crippen LogP contribution in [0.1, 0.15) is 18.5 Å². The van der Waals surface area contributed by atoms with E-state index in [0.29, 0.717) is 33.5 Å². The van der Waals surface area contributed by atoms with Crippen molar-refractivity contribution in [3.8, 4) is 17.2 Å². The molecule has 0 aliphatic carbocycles. The van der Waals surface area contributed by atoms with Crippen molar-refractivity contribution in [1.29, 1.82) is 0 Å². The van der Waals surface area contributed by atoms with E-state index in [1.165, 1.54) is 4.90 Å². The molecule has 0 saturated carbocycles. The smallest absolute Gasteiger partial charge is 0.338 e. The molecule has 7 nitrogen and oxygen atoms in total. The Morgan fingerprint density at radius 1 is 0.971 bits per heavy atom. The van der Waals surface area contributed by atoms with Gasteiger partial charge in [0.1, 0.15) is 23.9 Å². The van der Waals surface area contributed by atoms with Gasteiger partial charge in [-0.25, -0.2) is 9.59 Å². The molecule has 0 spiro atoms. The van der Waals surface area contributed by atoms with Gasteiger partial charge in [-0.1, -0.05) is 48.0 Å². The summed E-state index contributed by atoms with van der Waals surface area (Å²) in [6.07, 6.45) is 0. The molecule has 3 aromatic carbocycles. The lowest BCUT2D eigenvalue weighted by Crippen LogP contribution is -2.48. The third-order valence-corrected chi connectivity index (χ3v) is 5.65. The molecule has 180 valence electrons. The highest BCUT2D eigenvalue weighted by Gasteiger charge is 2.37. The molecular weight excluding hydrogens is 468 g/mol. The SMILES string of the molecule is CCOC(=O)C1=C(COc2cccc(Cl)c2)N(C)C(=O)NC1c1cccc(Oc2ccccc2)c1. The van der Waals surface area contributed by atoms with E-state index in [9.17, 15) is 9.59 Å². The molecule has 0 radical (unpaired) electrons. The number of ether oxygens (including phenoxy) is 3. The van der Waals surface area contributed by atoms with Gasteiger partial charge in [0, 0.05) is 12.1 Å². The van der Waals surface area contributed by atoms with Gasteiger partial charge in [0.05, 0.1) is 23.9 Å². The first-order chi connectivity index (χ1) is 17.0. The molecule has 1 unspecified atom stereocenters. The van der Waals surface area contributed by atoms with Gasteiger partial charge in [-0.15, -0.1) is 0 Å². The van der Waals surface area contributed by atoms with Crippen LogP contribution in [0.2, 0.25) is 5.02 Å². The molecule has 35 heavy (non-hydrogen) atoms. The van der Waals surface area contributed by atoms with Crippen LogP contribution in [0.25, 0.3) is 0 Å². The van der Waals surface area contributed by atoms with Crippen LogP contribution in [-0.4, -0.2) is 37.2 Å². The minimum atomic E-state index is -0.755. The first-order valence-corrected chi connectivity index (χ1v) is 11.5. The third-order valence-electron chi connectivity index (χ3n) is 5.41. The number of carbonyl (C=O) groups is 2. The number of carbonyl (C=O) groups excluding carboxylic acids is 2. The van der Waals surface area contributed by atoms with Crippen LogP contribution in [0.3, 0.4) is 0 Å². The lowest BCUT2D eigenvalue weighted by molar-refractivity contribution is -0.139. The van der Waals surface area contributed by atoms with E-state index in [1.54, 1.807) is 44.3 Å². The van der Waals surface area contributed by atoms with E-state index < -0.39 is 12.0 Å². The quantitative estimate of drug-likeness (QED) is 0.407. The van der Waals surface area contributed by atoms with Crippen LogP contribution in [0.4, 0.5) is 4.79 Å². The lowest BCUT2D eigenvalue weighted by Gasteiger charge is -2.34. The minimum absolute atomic E-state index is 0.0326. The molecule has 1 aliphatic heterocycles. The van der Waals surface area contributed by atoms with Crippen molar-refractivity contribution in [2.45, 2.75) is 13.0 Å². The van der Waals surface area contributed by atoms with Gasteiger partial charge >= 0.3 is 12.0 Å². The monoisotopic (exact) mass is 492 g/mol. The summed E-state index contributed by atoms with van der Waals surface area (Å²) >= 11 is 6.06. The Bertz CT molecular complexity index is 1250. The van der Waals surface area contributed by atoms with E-state index in [0.717, 1.165) is 0 Å². The first-order valence-electron chi connectivity index (χ1n) is 11.1. The number of halogens is 1. The summed E-state index contributed by atoms with van der Waals surface area (Å²) in [6, 6.07) is 22.4. The number of nitrogens with zero attached hydrogens (tertiary/aromatic N) is 1. The summed E-state index contributed by atoms with van der Waals surface area (Å²) < 4.78 is 17.2. The predicted molar refractivity (Wildman–Crippen MR) is 133 cm³/mol. The number of rotatable bonds is 8. The van der Waals surface area contributed by atoms with Gasteiger partial charge in [-0.2, -0.15) is 0 Å². The van der Waals surface area contributed by atoms with Crippen molar-refractivity contribution in [2.24, 2.45) is 0 Å². The van der Waals surface area contributed by atoms with Crippen molar-refractivity contribution < 1.29 is 23.8 Å². The Kier molecular flexibility index (Phi) is 7.57. The Labute approximate surface area is 208 Å². The number of urea groups is 1. The summed E-state index contributed by atoms with van der Waals surface area (Å²) in [6.45, 7) is 1.89. The Morgan fingerprint density at radius 3 is 2.43 bits per heavy atom. The first kappa shape index (κ1) is 24.2. The molecule has 1 heterocycles. The summed E-state index contributed by atoms with van der Waals surface area (Å²) in [5.41, 5.74) is 1.35. The van der Waals surface area contributed by atoms with Crippen molar-refractivity contribution >= 4 is 23.6 Å². The molecular formula is C27H25ClN2O5. The molecule has 1 atom stereocenters. The second-order valence-corrected chi connectivity index (χ2v) is 8.19. The fraction of sp³-hybridized carbons (Fsp3) is 0.185. The van der Waals surface area contributed by atoms with Crippen LogP contribution in [0.15, 0.2) is 90.1 Å². The third kappa shape index (κ3) is 5.75. The molecule has 1 aliphatic rings. The van der Waals surface area contributed by atoms with Crippen LogP contribution in [0.5, 0.6) is 17.2 Å². The normalized spacial score (nSPS) is 15.5. The molecule has 0 aromatic heterocycles. The number of nitrogens with one attached hydrogen (secondary N) is 1. The second kappa shape index (κ2) is 11.0.